The van der Waals surface area contributed by atoms with Gasteiger partial charge in [-0.05, 0) is 24.5 Å². The van der Waals surface area contributed by atoms with E-state index < -0.39 is 12.0 Å². The van der Waals surface area contributed by atoms with E-state index in [0.29, 0.717) is 12.2 Å². The number of aliphatic carboxylic acids is 1. The topological polar surface area (TPSA) is 66.4 Å². The zero-order valence-electron chi connectivity index (χ0n) is 12.8. The van der Waals surface area contributed by atoms with Crippen molar-refractivity contribution in [3.8, 4) is 0 Å². The molecular formula is C16H23NO3S. The van der Waals surface area contributed by atoms with Crippen LogP contribution >= 0.6 is 11.8 Å². The average molecular weight is 309 g/mol. The van der Waals surface area contributed by atoms with Crippen molar-refractivity contribution in [1.29, 1.82) is 0 Å². The summed E-state index contributed by atoms with van der Waals surface area (Å²) in [5, 5.41) is 11.8. The van der Waals surface area contributed by atoms with Crippen LogP contribution in [0, 0.1) is 12.8 Å². The van der Waals surface area contributed by atoms with Crippen molar-refractivity contribution in [3.63, 3.8) is 0 Å². The van der Waals surface area contributed by atoms with Crippen molar-refractivity contribution in [2.45, 2.75) is 44.6 Å². The van der Waals surface area contributed by atoms with Gasteiger partial charge in [0.05, 0.1) is 0 Å². The minimum atomic E-state index is -0.968. The normalized spacial score (nSPS) is 13.5. The molecule has 0 saturated heterocycles. The molecule has 0 aliphatic rings. The monoisotopic (exact) mass is 309 g/mol. The number of carboxylic acid groups (broad SMARTS) is 1. The van der Waals surface area contributed by atoms with Gasteiger partial charge in [-0.2, -0.15) is 0 Å². The van der Waals surface area contributed by atoms with Gasteiger partial charge in [0, 0.05) is 17.1 Å². The van der Waals surface area contributed by atoms with Gasteiger partial charge in [-0.15, -0.1) is 11.8 Å². The van der Waals surface area contributed by atoms with Gasteiger partial charge in [0.2, 0.25) is 5.91 Å². The molecule has 1 amide bonds. The summed E-state index contributed by atoms with van der Waals surface area (Å²) in [4.78, 5) is 24.2. The standard InChI is InChI=1S/C16H23NO3S/c1-4-11(2)15(16(19)20)17-14(18)9-10-21-13-8-6-5-7-12(13)3/h5-8,11,15H,4,9-10H2,1-3H3,(H,17,18)(H,19,20). The number of carbonyl (C=O) groups is 2. The fourth-order valence-electron chi connectivity index (χ4n) is 1.90. The van der Waals surface area contributed by atoms with Gasteiger partial charge in [0.15, 0.2) is 0 Å². The molecule has 0 heterocycles. The predicted octanol–water partition coefficient (Wildman–Crippen LogP) is 3.09. The van der Waals surface area contributed by atoms with Gasteiger partial charge >= 0.3 is 5.97 Å². The number of rotatable bonds is 8. The average Bonchev–Trinajstić information content (AvgIpc) is 2.45. The smallest absolute Gasteiger partial charge is 0.326 e. The number of nitrogens with one attached hydrogen (secondary N) is 1. The molecule has 0 aromatic heterocycles. The summed E-state index contributed by atoms with van der Waals surface area (Å²) in [5.74, 6) is -0.604. The Kier molecular flexibility index (Phi) is 7.29. The molecule has 1 rings (SSSR count). The number of thioether (sulfide) groups is 1. The van der Waals surface area contributed by atoms with Gasteiger partial charge in [-0.25, -0.2) is 4.79 Å². The molecule has 0 aliphatic carbocycles. The number of hydrogen-bond donors (Lipinski definition) is 2. The van der Waals surface area contributed by atoms with E-state index in [4.69, 9.17) is 5.11 Å². The summed E-state index contributed by atoms with van der Waals surface area (Å²) in [7, 11) is 0. The molecule has 4 nitrogen and oxygen atoms in total. The molecule has 0 saturated carbocycles. The SMILES string of the molecule is CCC(C)C(NC(=O)CCSc1ccccc1C)C(=O)O. The lowest BCUT2D eigenvalue weighted by Crippen LogP contribution is -2.45. The first-order valence-corrected chi connectivity index (χ1v) is 8.14. The number of hydrogen-bond acceptors (Lipinski definition) is 3. The lowest BCUT2D eigenvalue weighted by atomic mass is 9.99. The van der Waals surface area contributed by atoms with Crippen LogP contribution in [0.15, 0.2) is 29.2 Å². The lowest BCUT2D eigenvalue weighted by Gasteiger charge is -2.20. The fraction of sp³-hybridized carbons (Fsp3) is 0.500. The number of benzene rings is 1. The Morgan fingerprint density at radius 2 is 2.00 bits per heavy atom. The Balaban J connectivity index is 2.43. The van der Waals surface area contributed by atoms with Crippen LogP contribution in [0.3, 0.4) is 0 Å². The van der Waals surface area contributed by atoms with Crippen LogP contribution in [-0.4, -0.2) is 28.8 Å². The molecule has 0 aliphatic heterocycles. The van der Waals surface area contributed by atoms with Crippen molar-refractivity contribution in [1.82, 2.24) is 5.32 Å². The maximum absolute atomic E-state index is 11.9. The minimum absolute atomic E-state index is 0.0736. The Hall–Kier alpha value is -1.49. The summed E-state index contributed by atoms with van der Waals surface area (Å²) >= 11 is 1.62. The minimum Gasteiger partial charge on any atom is -0.480 e. The molecule has 0 fully saturated rings. The maximum atomic E-state index is 11.9. The first-order chi connectivity index (χ1) is 9.95. The van der Waals surface area contributed by atoms with E-state index in [1.165, 1.54) is 5.56 Å². The highest BCUT2D eigenvalue weighted by molar-refractivity contribution is 7.99. The maximum Gasteiger partial charge on any atom is 0.326 e. The van der Waals surface area contributed by atoms with E-state index in [2.05, 4.69) is 5.32 Å². The van der Waals surface area contributed by atoms with Crippen LogP contribution in [0.2, 0.25) is 0 Å². The van der Waals surface area contributed by atoms with E-state index >= 15 is 0 Å². The summed E-state index contributed by atoms with van der Waals surface area (Å²) in [6.07, 6.45) is 1.04. The third kappa shape index (κ3) is 5.79. The summed E-state index contributed by atoms with van der Waals surface area (Å²) < 4.78 is 0. The van der Waals surface area contributed by atoms with Crippen molar-refractivity contribution in [3.05, 3.63) is 29.8 Å². The molecule has 2 N–H and O–H groups in total. The van der Waals surface area contributed by atoms with Crippen LogP contribution in [0.5, 0.6) is 0 Å². The molecule has 21 heavy (non-hydrogen) atoms. The molecule has 5 heteroatoms. The predicted molar refractivity (Wildman–Crippen MR) is 85.5 cm³/mol. The molecule has 2 unspecified atom stereocenters. The van der Waals surface area contributed by atoms with Gasteiger partial charge in [-0.1, -0.05) is 38.5 Å². The Bertz CT molecular complexity index is 490. The van der Waals surface area contributed by atoms with E-state index in [0.717, 1.165) is 11.3 Å². The number of carbonyl (C=O) groups excluding carboxylic acids is 1. The second kappa shape index (κ2) is 8.72. The lowest BCUT2D eigenvalue weighted by molar-refractivity contribution is -0.143. The molecule has 116 valence electrons. The third-order valence-electron chi connectivity index (χ3n) is 3.48. The zero-order chi connectivity index (χ0) is 15.8. The van der Waals surface area contributed by atoms with Crippen LogP contribution < -0.4 is 5.32 Å². The zero-order valence-corrected chi connectivity index (χ0v) is 13.6. The van der Waals surface area contributed by atoms with Gasteiger partial charge in [0.25, 0.3) is 0 Å². The van der Waals surface area contributed by atoms with Gasteiger partial charge in [0.1, 0.15) is 6.04 Å². The highest BCUT2D eigenvalue weighted by Crippen LogP contribution is 2.22. The molecule has 1 aromatic carbocycles. The molecule has 2 atom stereocenters. The molecule has 0 bridgehead atoms. The van der Waals surface area contributed by atoms with E-state index in [9.17, 15) is 9.59 Å². The number of amides is 1. The highest BCUT2D eigenvalue weighted by atomic mass is 32.2. The molecular weight excluding hydrogens is 286 g/mol. The first-order valence-electron chi connectivity index (χ1n) is 7.16. The Morgan fingerprint density at radius 1 is 1.33 bits per heavy atom. The third-order valence-corrected chi connectivity index (χ3v) is 4.65. The van der Waals surface area contributed by atoms with E-state index in [-0.39, 0.29) is 11.8 Å². The Labute approximate surface area is 130 Å². The highest BCUT2D eigenvalue weighted by Gasteiger charge is 2.24. The van der Waals surface area contributed by atoms with Crippen molar-refractivity contribution < 1.29 is 14.7 Å². The van der Waals surface area contributed by atoms with Crippen LogP contribution in [0.4, 0.5) is 0 Å². The van der Waals surface area contributed by atoms with Crippen molar-refractivity contribution >= 4 is 23.6 Å². The molecule has 0 radical (unpaired) electrons. The van der Waals surface area contributed by atoms with Crippen molar-refractivity contribution in [2.24, 2.45) is 5.92 Å². The van der Waals surface area contributed by atoms with Crippen LogP contribution in [0.25, 0.3) is 0 Å². The molecule has 1 aromatic rings. The van der Waals surface area contributed by atoms with Crippen molar-refractivity contribution in [2.75, 3.05) is 5.75 Å². The van der Waals surface area contributed by atoms with E-state index in [1.807, 2.05) is 45.0 Å². The fourth-order valence-corrected chi connectivity index (χ4v) is 2.88. The largest absolute Gasteiger partial charge is 0.480 e. The summed E-state index contributed by atoms with van der Waals surface area (Å²) in [5.41, 5.74) is 1.19. The molecule has 0 spiro atoms. The summed E-state index contributed by atoms with van der Waals surface area (Å²) in [6.45, 7) is 5.79. The summed E-state index contributed by atoms with van der Waals surface area (Å²) in [6, 6.07) is 7.21. The number of carboxylic acids is 1. The Morgan fingerprint density at radius 3 is 2.57 bits per heavy atom. The second-order valence-electron chi connectivity index (χ2n) is 5.13. The van der Waals surface area contributed by atoms with E-state index in [1.54, 1.807) is 11.8 Å². The number of aryl methyl sites for hydroxylation is 1. The second-order valence-corrected chi connectivity index (χ2v) is 6.27. The van der Waals surface area contributed by atoms with Crippen LogP contribution in [0.1, 0.15) is 32.3 Å². The van der Waals surface area contributed by atoms with Gasteiger partial charge in [-0.3, -0.25) is 4.79 Å². The quantitative estimate of drug-likeness (QED) is 0.724. The van der Waals surface area contributed by atoms with Crippen LogP contribution in [-0.2, 0) is 9.59 Å². The van der Waals surface area contributed by atoms with Gasteiger partial charge < -0.3 is 10.4 Å². The first kappa shape index (κ1) is 17.6.